The first kappa shape index (κ1) is 31.3. The lowest BCUT2D eigenvalue weighted by atomic mass is 10.6. The van der Waals surface area contributed by atoms with E-state index in [9.17, 15) is 0 Å². The largest absolute Gasteiger partial charge is 0.412 e. The molecule has 0 aliphatic rings. The van der Waals surface area contributed by atoms with Crippen molar-refractivity contribution in [1.82, 2.24) is 0 Å². The molecule has 0 amide bonds. The van der Waals surface area contributed by atoms with Crippen LogP contribution in [0, 0.1) is 9.93 Å². The van der Waals surface area contributed by atoms with Gasteiger partial charge in [0, 0.05) is 12.8 Å². The summed E-state index contributed by atoms with van der Waals surface area (Å²) in [5.41, 5.74) is 0. The molecule has 0 rings (SSSR count). The molecule has 0 aliphatic carbocycles. The zero-order valence-corrected chi connectivity index (χ0v) is 4.52. The molecule has 0 atom stereocenters. The van der Waals surface area contributed by atoms with Gasteiger partial charge in [0.25, 0.3) is 0 Å². The first-order chi connectivity index (χ1) is 2.41. The van der Waals surface area contributed by atoms with Crippen LogP contribution < -0.4 is 0 Å². The maximum absolute atomic E-state index is 7.00. The SMILES string of the molecule is CCC.O.O.O=O.[HH].[HH]. The van der Waals surface area contributed by atoms with Crippen molar-refractivity contribution < 1.29 is 13.8 Å². The second-order valence-corrected chi connectivity index (χ2v) is 0.707. The Balaban J connectivity index is -0.00000000357. The van der Waals surface area contributed by atoms with E-state index < -0.39 is 0 Å². The first-order valence-corrected chi connectivity index (χ1v) is 1.58. The highest BCUT2D eigenvalue weighted by Gasteiger charge is 1.35. The van der Waals surface area contributed by atoms with E-state index in [0.29, 0.717) is 0 Å². The average molecular weight is 116 g/mol. The van der Waals surface area contributed by atoms with Crippen LogP contribution in [0.4, 0.5) is 0 Å². The lowest BCUT2D eigenvalue weighted by molar-refractivity contribution is 0.823. The Hall–Kier alpha value is -0.480. The second kappa shape index (κ2) is 417. The Kier molecular flexibility index (Phi) is 1860. The number of hydrogen-bond acceptors (Lipinski definition) is 2. The van der Waals surface area contributed by atoms with Gasteiger partial charge in [0.2, 0.25) is 0 Å². The fourth-order valence-corrected chi connectivity index (χ4v) is 0. The van der Waals surface area contributed by atoms with E-state index in [1.54, 1.807) is 0 Å². The molecule has 0 saturated heterocycles. The number of rotatable bonds is 0. The highest BCUT2D eigenvalue weighted by atomic mass is 16.7. The van der Waals surface area contributed by atoms with Gasteiger partial charge in [0.05, 0.1) is 0 Å². The van der Waals surface area contributed by atoms with Crippen LogP contribution in [0.15, 0.2) is 0 Å². The molecule has 0 spiro atoms. The molecular formula is C3H16O4. The van der Waals surface area contributed by atoms with Crippen LogP contribution in [0.5, 0.6) is 0 Å². The van der Waals surface area contributed by atoms with Crippen molar-refractivity contribution in [2.45, 2.75) is 20.3 Å². The predicted molar refractivity (Wildman–Crippen MR) is 34.2 cm³/mol. The summed E-state index contributed by atoms with van der Waals surface area (Å²) in [6.07, 6.45) is 1.25. The normalized spacial score (nSPS) is 3.14. The molecule has 4 nitrogen and oxygen atoms in total. The van der Waals surface area contributed by atoms with E-state index in [0.717, 1.165) is 0 Å². The smallest absolute Gasteiger partial charge is 0 e. The van der Waals surface area contributed by atoms with Crippen molar-refractivity contribution in [2.75, 3.05) is 0 Å². The molecular weight excluding hydrogens is 100 g/mol. The van der Waals surface area contributed by atoms with Crippen LogP contribution in [-0.2, 0) is 0 Å². The van der Waals surface area contributed by atoms with Gasteiger partial charge in [-0.15, -0.1) is 0 Å². The Morgan fingerprint density at radius 2 is 1.14 bits per heavy atom. The monoisotopic (exact) mass is 116 g/mol. The van der Waals surface area contributed by atoms with Gasteiger partial charge in [-0.2, -0.15) is 0 Å². The molecule has 0 aromatic rings. The van der Waals surface area contributed by atoms with E-state index in [4.69, 9.17) is 9.93 Å². The molecule has 0 unspecified atom stereocenters. The molecule has 0 radical (unpaired) electrons. The van der Waals surface area contributed by atoms with Crippen LogP contribution in [-0.4, -0.2) is 11.0 Å². The summed E-state index contributed by atoms with van der Waals surface area (Å²) in [6, 6.07) is 0. The van der Waals surface area contributed by atoms with Crippen LogP contribution >= 0.6 is 0 Å². The van der Waals surface area contributed by atoms with E-state index in [1.165, 1.54) is 6.42 Å². The molecule has 0 bridgehead atoms. The van der Waals surface area contributed by atoms with Crippen molar-refractivity contribution in [3.05, 3.63) is 9.93 Å². The highest BCUT2D eigenvalue weighted by molar-refractivity contribution is 4.07. The van der Waals surface area contributed by atoms with Crippen molar-refractivity contribution in [3.63, 3.8) is 0 Å². The molecule has 0 heterocycles. The first-order valence-electron chi connectivity index (χ1n) is 1.58. The fourth-order valence-electron chi connectivity index (χ4n) is 0. The summed E-state index contributed by atoms with van der Waals surface area (Å²) in [5.74, 6) is 0. The van der Waals surface area contributed by atoms with Gasteiger partial charge >= 0.3 is 0 Å². The summed E-state index contributed by atoms with van der Waals surface area (Å²) in [5, 5.41) is 0. The maximum Gasteiger partial charge on any atom is 0 e. The molecule has 0 saturated carbocycles. The summed E-state index contributed by atoms with van der Waals surface area (Å²) >= 11 is 0. The summed E-state index contributed by atoms with van der Waals surface area (Å²) < 4.78 is 0. The summed E-state index contributed by atoms with van der Waals surface area (Å²) in [7, 11) is 0. The van der Waals surface area contributed by atoms with Crippen LogP contribution in [0.3, 0.4) is 0 Å². The van der Waals surface area contributed by atoms with E-state index in [-0.39, 0.29) is 13.8 Å². The highest BCUT2D eigenvalue weighted by Crippen LogP contribution is 1.56. The van der Waals surface area contributed by atoms with Gasteiger partial charge in [0.15, 0.2) is 0 Å². The van der Waals surface area contributed by atoms with Crippen molar-refractivity contribution in [2.24, 2.45) is 0 Å². The van der Waals surface area contributed by atoms with Gasteiger partial charge in [-0.1, -0.05) is 20.3 Å². The lowest BCUT2D eigenvalue weighted by Gasteiger charge is -1.48. The third kappa shape index (κ3) is 297. The van der Waals surface area contributed by atoms with Crippen LogP contribution in [0.2, 0.25) is 0 Å². The average Bonchev–Trinajstić information content (AvgIpc) is 1.46. The molecule has 52 valence electrons. The molecule has 7 heavy (non-hydrogen) atoms. The minimum Gasteiger partial charge on any atom is -0.412 e. The molecule has 4 heteroatoms. The van der Waals surface area contributed by atoms with E-state index >= 15 is 0 Å². The van der Waals surface area contributed by atoms with E-state index in [1.807, 2.05) is 0 Å². The standard InChI is InChI=1S/C3H8.O2.2H2O.2H2/c1-3-2;1-2;;;;/h3H2,1-2H3;;2*1H2;2*1H. The Labute approximate surface area is 45.3 Å². The van der Waals surface area contributed by atoms with Crippen LogP contribution in [0.1, 0.15) is 23.1 Å². The van der Waals surface area contributed by atoms with Crippen molar-refractivity contribution in [3.8, 4) is 0 Å². The zero-order valence-electron chi connectivity index (χ0n) is 4.52. The number of hydrogen-bond donors (Lipinski definition) is 0. The predicted octanol–water partition coefficient (Wildman–Crippen LogP) is 0.326. The summed E-state index contributed by atoms with van der Waals surface area (Å²) in [6.45, 7) is 4.25. The Morgan fingerprint density at radius 1 is 1.14 bits per heavy atom. The molecule has 4 N–H and O–H groups in total. The summed E-state index contributed by atoms with van der Waals surface area (Å²) in [4.78, 5) is 14.0. The molecule has 0 aliphatic heterocycles. The minimum atomic E-state index is 0. The third-order valence-corrected chi connectivity index (χ3v) is 0. The van der Waals surface area contributed by atoms with Gasteiger partial charge in [-0.25, -0.2) is 0 Å². The van der Waals surface area contributed by atoms with Gasteiger partial charge in [-0.3, -0.25) is 0 Å². The minimum absolute atomic E-state index is 0. The molecule has 0 aromatic heterocycles. The molecule has 0 aromatic carbocycles. The Morgan fingerprint density at radius 3 is 1.14 bits per heavy atom. The lowest BCUT2D eigenvalue weighted by Crippen LogP contribution is -1.27. The van der Waals surface area contributed by atoms with Crippen LogP contribution in [0.25, 0.3) is 0 Å². The Bertz CT molecular complexity index is 17.8. The van der Waals surface area contributed by atoms with Gasteiger partial charge < -0.3 is 11.0 Å². The van der Waals surface area contributed by atoms with Gasteiger partial charge in [-0.05, 0) is 0 Å². The van der Waals surface area contributed by atoms with Crippen molar-refractivity contribution >= 4 is 0 Å². The zero-order chi connectivity index (χ0) is 4.71. The fraction of sp³-hybridized carbons (Fsp3) is 1.00. The second-order valence-electron chi connectivity index (χ2n) is 0.707. The maximum atomic E-state index is 7.00. The topological polar surface area (TPSA) is 97.1 Å². The van der Waals surface area contributed by atoms with Crippen molar-refractivity contribution in [1.29, 1.82) is 0 Å². The molecule has 0 fully saturated rings. The van der Waals surface area contributed by atoms with Gasteiger partial charge in [0.1, 0.15) is 0 Å². The third-order valence-electron chi connectivity index (χ3n) is 0. The quantitative estimate of drug-likeness (QED) is 0.455. The van der Waals surface area contributed by atoms with E-state index in [2.05, 4.69) is 13.8 Å².